The lowest BCUT2D eigenvalue weighted by atomic mass is 10.1. The van der Waals surface area contributed by atoms with Gasteiger partial charge >= 0.3 is 0 Å². The summed E-state index contributed by atoms with van der Waals surface area (Å²) in [7, 11) is -2.17. The highest BCUT2D eigenvalue weighted by molar-refractivity contribution is 7.89. The van der Waals surface area contributed by atoms with Gasteiger partial charge in [-0.3, -0.25) is 10.1 Å². The minimum atomic E-state index is -3.76. The zero-order valence-electron chi connectivity index (χ0n) is 13.1. The predicted octanol–water partition coefficient (Wildman–Crippen LogP) is 2.51. The summed E-state index contributed by atoms with van der Waals surface area (Å²) in [6, 6.07) is 12.5. The van der Waals surface area contributed by atoms with Gasteiger partial charge in [0.2, 0.25) is 10.0 Å². The molecule has 0 fully saturated rings. The van der Waals surface area contributed by atoms with Gasteiger partial charge in [-0.2, -0.15) is 0 Å². The van der Waals surface area contributed by atoms with Crippen LogP contribution >= 0.6 is 0 Å². The molecule has 0 unspecified atom stereocenters. The summed E-state index contributed by atoms with van der Waals surface area (Å²) in [6.45, 7) is 0.238. The molecule has 24 heavy (non-hydrogen) atoms. The molecular formula is C16H18N2O5S. The smallest absolute Gasteiger partial charge is 0.270 e. The van der Waals surface area contributed by atoms with Gasteiger partial charge < -0.3 is 4.74 Å². The number of methoxy groups -OCH3 is 1. The van der Waals surface area contributed by atoms with Gasteiger partial charge in [-0.05, 0) is 36.6 Å². The molecule has 2 aromatic rings. The van der Waals surface area contributed by atoms with Gasteiger partial charge in [0.25, 0.3) is 5.69 Å². The summed E-state index contributed by atoms with van der Waals surface area (Å²) in [5.74, 6) is 0.754. The second-order valence-corrected chi connectivity index (χ2v) is 6.87. The van der Waals surface area contributed by atoms with E-state index in [1.165, 1.54) is 18.2 Å². The van der Waals surface area contributed by atoms with Crippen LogP contribution in [0.25, 0.3) is 0 Å². The molecule has 0 radical (unpaired) electrons. The summed E-state index contributed by atoms with van der Waals surface area (Å²) >= 11 is 0. The van der Waals surface area contributed by atoms with Crippen molar-refractivity contribution < 1.29 is 18.1 Å². The van der Waals surface area contributed by atoms with E-state index >= 15 is 0 Å². The van der Waals surface area contributed by atoms with Crippen LogP contribution in [0.3, 0.4) is 0 Å². The van der Waals surface area contributed by atoms with Crippen molar-refractivity contribution in [3.05, 3.63) is 64.2 Å². The Hall–Kier alpha value is -2.45. The number of benzene rings is 2. The molecule has 0 amide bonds. The van der Waals surface area contributed by atoms with Gasteiger partial charge in [-0.15, -0.1) is 0 Å². The number of non-ortho nitro benzene ring substituents is 1. The van der Waals surface area contributed by atoms with Crippen molar-refractivity contribution in [1.29, 1.82) is 0 Å². The van der Waals surface area contributed by atoms with Crippen molar-refractivity contribution in [2.45, 2.75) is 17.7 Å². The number of nitrogens with one attached hydrogen (secondary N) is 1. The standard InChI is InChI=1S/C16H18N2O5S/c1-23-15-8-2-5-13(11-15)6-4-10-17-24(21,22)16-9-3-7-14(12-16)18(19)20/h2-3,5,7-9,11-12,17H,4,6,10H2,1H3. The van der Waals surface area contributed by atoms with Gasteiger partial charge in [0.15, 0.2) is 0 Å². The molecule has 128 valence electrons. The van der Waals surface area contributed by atoms with E-state index in [9.17, 15) is 18.5 Å². The number of nitro groups is 1. The zero-order chi connectivity index (χ0) is 17.6. The average Bonchev–Trinajstić information content (AvgIpc) is 2.59. The maximum Gasteiger partial charge on any atom is 0.270 e. The van der Waals surface area contributed by atoms with Crippen LogP contribution in [0.4, 0.5) is 5.69 Å². The maximum absolute atomic E-state index is 12.2. The molecule has 2 aromatic carbocycles. The molecular weight excluding hydrogens is 332 g/mol. The van der Waals surface area contributed by atoms with Crippen LogP contribution in [0.1, 0.15) is 12.0 Å². The summed E-state index contributed by atoms with van der Waals surface area (Å²) in [5, 5.41) is 10.7. The molecule has 0 aliphatic carbocycles. The Labute approximate surface area is 140 Å². The van der Waals surface area contributed by atoms with Crippen molar-refractivity contribution in [2.24, 2.45) is 0 Å². The first kappa shape index (κ1) is 17.9. The van der Waals surface area contributed by atoms with Crippen LogP contribution in [0.15, 0.2) is 53.4 Å². The fourth-order valence-corrected chi connectivity index (χ4v) is 3.29. The molecule has 0 aromatic heterocycles. The van der Waals surface area contributed by atoms with Gasteiger partial charge in [-0.1, -0.05) is 18.2 Å². The Morgan fingerprint density at radius 3 is 2.62 bits per heavy atom. The first-order valence-corrected chi connectivity index (χ1v) is 8.78. The van der Waals surface area contributed by atoms with E-state index in [0.717, 1.165) is 17.4 Å². The molecule has 0 saturated carbocycles. The predicted molar refractivity (Wildman–Crippen MR) is 89.6 cm³/mol. The molecule has 0 heterocycles. The zero-order valence-corrected chi connectivity index (χ0v) is 14.0. The molecule has 8 heteroatoms. The summed E-state index contributed by atoms with van der Waals surface area (Å²) in [5.41, 5.74) is 0.790. The molecule has 0 aliphatic rings. The molecule has 7 nitrogen and oxygen atoms in total. The second-order valence-electron chi connectivity index (χ2n) is 5.11. The Balaban J connectivity index is 1.93. The SMILES string of the molecule is COc1cccc(CCCNS(=O)(=O)c2cccc([N+](=O)[O-])c2)c1. The van der Waals surface area contributed by atoms with Gasteiger partial charge in [0.1, 0.15) is 5.75 Å². The van der Waals surface area contributed by atoms with Crippen molar-refractivity contribution in [3.63, 3.8) is 0 Å². The third kappa shape index (κ3) is 4.77. The minimum Gasteiger partial charge on any atom is -0.497 e. The number of hydrogen-bond acceptors (Lipinski definition) is 5. The average molecular weight is 350 g/mol. The van der Waals surface area contributed by atoms with Crippen LogP contribution in [-0.2, 0) is 16.4 Å². The fraction of sp³-hybridized carbons (Fsp3) is 0.250. The van der Waals surface area contributed by atoms with E-state index in [0.29, 0.717) is 12.8 Å². The van der Waals surface area contributed by atoms with E-state index in [1.807, 2.05) is 24.3 Å². The lowest BCUT2D eigenvalue weighted by Gasteiger charge is -2.07. The van der Waals surface area contributed by atoms with Crippen LogP contribution < -0.4 is 9.46 Å². The minimum absolute atomic E-state index is 0.113. The number of ether oxygens (including phenoxy) is 1. The molecule has 1 N–H and O–H groups in total. The monoisotopic (exact) mass is 350 g/mol. The Kier molecular flexibility index (Phi) is 5.88. The van der Waals surface area contributed by atoms with Gasteiger partial charge in [0, 0.05) is 18.7 Å². The molecule has 0 spiro atoms. The highest BCUT2D eigenvalue weighted by Gasteiger charge is 2.16. The van der Waals surface area contributed by atoms with Crippen molar-refractivity contribution in [2.75, 3.05) is 13.7 Å². The maximum atomic E-state index is 12.2. The van der Waals surface area contributed by atoms with Crippen molar-refractivity contribution in [3.8, 4) is 5.75 Å². The van der Waals surface area contributed by atoms with Crippen LogP contribution in [0, 0.1) is 10.1 Å². The van der Waals surface area contributed by atoms with E-state index in [1.54, 1.807) is 7.11 Å². The molecule has 0 saturated heterocycles. The Morgan fingerprint density at radius 1 is 1.17 bits per heavy atom. The van der Waals surface area contributed by atoms with E-state index in [4.69, 9.17) is 4.74 Å². The lowest BCUT2D eigenvalue weighted by molar-refractivity contribution is -0.385. The van der Waals surface area contributed by atoms with Crippen LogP contribution in [0.5, 0.6) is 5.75 Å². The first-order valence-electron chi connectivity index (χ1n) is 7.29. The highest BCUT2D eigenvalue weighted by Crippen LogP contribution is 2.17. The molecule has 0 bridgehead atoms. The topological polar surface area (TPSA) is 98.5 Å². The molecule has 0 atom stereocenters. The number of hydrogen-bond donors (Lipinski definition) is 1. The number of sulfonamides is 1. The van der Waals surface area contributed by atoms with Crippen LogP contribution in [0.2, 0.25) is 0 Å². The quantitative estimate of drug-likeness (QED) is 0.448. The van der Waals surface area contributed by atoms with Crippen molar-refractivity contribution in [1.82, 2.24) is 4.72 Å². The van der Waals surface area contributed by atoms with Gasteiger partial charge in [-0.25, -0.2) is 13.1 Å². The first-order chi connectivity index (χ1) is 11.4. The molecule has 2 rings (SSSR count). The Morgan fingerprint density at radius 2 is 1.92 bits per heavy atom. The number of nitro benzene ring substituents is 1. The third-order valence-electron chi connectivity index (χ3n) is 3.41. The second kappa shape index (κ2) is 7.89. The lowest BCUT2D eigenvalue weighted by Crippen LogP contribution is -2.25. The van der Waals surface area contributed by atoms with E-state index < -0.39 is 14.9 Å². The highest BCUT2D eigenvalue weighted by atomic mass is 32.2. The van der Waals surface area contributed by atoms with Gasteiger partial charge in [0.05, 0.1) is 16.9 Å². The Bertz CT molecular complexity index is 821. The summed E-state index contributed by atoms with van der Waals surface area (Å²) in [4.78, 5) is 9.99. The van der Waals surface area contributed by atoms with Crippen LogP contribution in [-0.4, -0.2) is 27.0 Å². The normalized spacial score (nSPS) is 11.2. The number of nitrogens with zero attached hydrogens (tertiary/aromatic N) is 1. The number of aryl methyl sites for hydroxylation is 1. The molecule has 0 aliphatic heterocycles. The fourth-order valence-electron chi connectivity index (χ4n) is 2.17. The van der Waals surface area contributed by atoms with Crippen molar-refractivity contribution >= 4 is 15.7 Å². The summed E-state index contributed by atoms with van der Waals surface area (Å²) < 4.78 is 31.9. The summed E-state index contributed by atoms with van der Waals surface area (Å²) in [6.07, 6.45) is 1.29. The van der Waals surface area contributed by atoms with E-state index in [-0.39, 0.29) is 17.1 Å². The largest absolute Gasteiger partial charge is 0.497 e. The third-order valence-corrected chi connectivity index (χ3v) is 4.87. The number of rotatable bonds is 8. The van der Waals surface area contributed by atoms with E-state index in [2.05, 4.69) is 4.72 Å².